The van der Waals surface area contributed by atoms with Gasteiger partial charge in [-0.15, -0.1) is 11.3 Å². The van der Waals surface area contributed by atoms with Crippen LogP contribution in [0.5, 0.6) is 0 Å². The molecule has 0 atom stereocenters. The van der Waals surface area contributed by atoms with Crippen molar-refractivity contribution in [3.05, 3.63) is 15.6 Å². The van der Waals surface area contributed by atoms with Crippen molar-refractivity contribution in [2.45, 2.75) is 39.7 Å². The molecule has 2 rings (SSSR count). The number of unbranched alkanes of at least 4 members (excludes halogenated alkanes) is 1. The molecule has 1 fully saturated rings. The highest BCUT2D eigenvalue weighted by Crippen LogP contribution is 2.18. The van der Waals surface area contributed by atoms with E-state index in [1.807, 2.05) is 11.3 Å². The zero-order valence-electron chi connectivity index (χ0n) is 12.8. The Kier molecular flexibility index (Phi) is 6.93. The Balaban J connectivity index is 1.74. The molecule has 1 N–H and O–H groups in total. The van der Waals surface area contributed by atoms with E-state index < -0.39 is 0 Å². The molecular formula is C15H27N3OS. The van der Waals surface area contributed by atoms with Gasteiger partial charge in [0.05, 0.1) is 23.9 Å². The zero-order valence-corrected chi connectivity index (χ0v) is 13.6. The summed E-state index contributed by atoms with van der Waals surface area (Å²) in [4.78, 5) is 8.59. The molecule has 1 aliphatic rings. The number of aromatic nitrogens is 1. The van der Waals surface area contributed by atoms with Crippen LogP contribution in [-0.2, 0) is 17.7 Å². The van der Waals surface area contributed by atoms with Crippen LogP contribution < -0.4 is 5.32 Å². The van der Waals surface area contributed by atoms with Crippen LogP contribution in [0.3, 0.4) is 0 Å². The number of ether oxygens (including phenoxy) is 1. The molecule has 0 aromatic carbocycles. The van der Waals surface area contributed by atoms with Gasteiger partial charge in [-0.2, -0.15) is 0 Å². The van der Waals surface area contributed by atoms with Crippen LogP contribution in [0.4, 0.5) is 0 Å². The molecule has 5 heteroatoms. The lowest BCUT2D eigenvalue weighted by atomic mass is 10.3. The van der Waals surface area contributed by atoms with Crippen molar-refractivity contribution >= 4 is 11.3 Å². The lowest BCUT2D eigenvalue weighted by molar-refractivity contribution is 0.0384. The predicted octanol–water partition coefficient (Wildman–Crippen LogP) is 2.22. The van der Waals surface area contributed by atoms with Gasteiger partial charge in [0.2, 0.25) is 0 Å². The standard InChI is InChI=1S/C15H27N3OS/c1-3-4-6-16-12-14-13(2)17-15(20-14)5-7-18-8-10-19-11-9-18/h16H,3-12H2,1-2H3. The van der Waals surface area contributed by atoms with Crippen molar-refractivity contribution in [3.63, 3.8) is 0 Å². The van der Waals surface area contributed by atoms with Gasteiger partial charge < -0.3 is 10.1 Å². The summed E-state index contributed by atoms with van der Waals surface area (Å²) in [6.45, 7) is 11.4. The quantitative estimate of drug-likeness (QED) is 0.747. The third kappa shape index (κ3) is 5.13. The SMILES string of the molecule is CCCCNCc1sc(CCN2CCOCC2)nc1C. The number of nitrogens with zero attached hydrogens (tertiary/aromatic N) is 2. The molecule has 1 aromatic heterocycles. The van der Waals surface area contributed by atoms with Gasteiger partial charge in [-0.05, 0) is 19.9 Å². The van der Waals surface area contributed by atoms with Crippen molar-refractivity contribution in [2.75, 3.05) is 39.4 Å². The first-order valence-corrected chi connectivity index (χ1v) is 8.57. The molecule has 0 amide bonds. The monoisotopic (exact) mass is 297 g/mol. The Hall–Kier alpha value is -0.490. The first-order valence-electron chi connectivity index (χ1n) is 7.75. The minimum absolute atomic E-state index is 0.878. The molecular weight excluding hydrogens is 270 g/mol. The Morgan fingerprint density at radius 2 is 2.15 bits per heavy atom. The van der Waals surface area contributed by atoms with Crippen molar-refractivity contribution in [2.24, 2.45) is 0 Å². The van der Waals surface area contributed by atoms with E-state index in [4.69, 9.17) is 9.72 Å². The van der Waals surface area contributed by atoms with Crippen LogP contribution in [-0.4, -0.2) is 49.3 Å². The highest BCUT2D eigenvalue weighted by molar-refractivity contribution is 7.11. The maximum Gasteiger partial charge on any atom is 0.0944 e. The summed E-state index contributed by atoms with van der Waals surface area (Å²) in [5.41, 5.74) is 1.20. The van der Waals surface area contributed by atoms with Gasteiger partial charge in [-0.1, -0.05) is 13.3 Å². The maximum absolute atomic E-state index is 5.38. The molecule has 4 nitrogen and oxygen atoms in total. The average Bonchev–Trinajstić information content (AvgIpc) is 2.83. The maximum atomic E-state index is 5.38. The highest BCUT2D eigenvalue weighted by Gasteiger charge is 2.12. The van der Waals surface area contributed by atoms with Gasteiger partial charge in [-0.3, -0.25) is 4.90 Å². The van der Waals surface area contributed by atoms with Gasteiger partial charge in [0.25, 0.3) is 0 Å². The summed E-state index contributed by atoms with van der Waals surface area (Å²) in [5.74, 6) is 0. The number of morpholine rings is 1. The van der Waals surface area contributed by atoms with Gasteiger partial charge in [0, 0.05) is 37.5 Å². The van der Waals surface area contributed by atoms with Gasteiger partial charge in [0.15, 0.2) is 0 Å². The molecule has 1 aliphatic heterocycles. The summed E-state index contributed by atoms with van der Waals surface area (Å²) in [6, 6.07) is 0. The lowest BCUT2D eigenvalue weighted by Gasteiger charge is -2.25. The Morgan fingerprint density at radius 1 is 1.35 bits per heavy atom. The fraction of sp³-hybridized carbons (Fsp3) is 0.800. The van der Waals surface area contributed by atoms with Gasteiger partial charge >= 0.3 is 0 Å². The van der Waals surface area contributed by atoms with E-state index in [-0.39, 0.29) is 0 Å². The summed E-state index contributed by atoms with van der Waals surface area (Å²) in [6.07, 6.45) is 3.57. The predicted molar refractivity (Wildman–Crippen MR) is 84.4 cm³/mol. The van der Waals surface area contributed by atoms with Crippen LogP contribution in [0.1, 0.15) is 35.3 Å². The molecule has 0 bridgehead atoms. The molecule has 0 spiro atoms. The Morgan fingerprint density at radius 3 is 2.90 bits per heavy atom. The molecule has 0 saturated carbocycles. The lowest BCUT2D eigenvalue weighted by Crippen LogP contribution is -2.37. The first kappa shape index (κ1) is 15.9. The molecule has 20 heavy (non-hydrogen) atoms. The summed E-state index contributed by atoms with van der Waals surface area (Å²) >= 11 is 1.87. The third-order valence-corrected chi connectivity index (χ3v) is 4.89. The minimum atomic E-state index is 0.878. The number of hydrogen-bond acceptors (Lipinski definition) is 5. The highest BCUT2D eigenvalue weighted by atomic mass is 32.1. The van der Waals surface area contributed by atoms with Crippen LogP contribution in [0.15, 0.2) is 0 Å². The van der Waals surface area contributed by atoms with E-state index in [1.165, 1.54) is 28.4 Å². The molecule has 1 aromatic rings. The molecule has 0 radical (unpaired) electrons. The minimum Gasteiger partial charge on any atom is -0.379 e. The molecule has 0 unspecified atom stereocenters. The third-order valence-electron chi connectivity index (χ3n) is 3.68. The normalized spacial score (nSPS) is 16.7. The number of aryl methyl sites for hydroxylation is 1. The van der Waals surface area contributed by atoms with Crippen LogP contribution in [0, 0.1) is 6.92 Å². The van der Waals surface area contributed by atoms with Crippen LogP contribution in [0.2, 0.25) is 0 Å². The zero-order chi connectivity index (χ0) is 14.2. The second-order valence-electron chi connectivity index (χ2n) is 5.35. The van der Waals surface area contributed by atoms with Crippen LogP contribution in [0.25, 0.3) is 0 Å². The fourth-order valence-corrected chi connectivity index (χ4v) is 3.37. The van der Waals surface area contributed by atoms with E-state index in [0.717, 1.165) is 52.4 Å². The van der Waals surface area contributed by atoms with Crippen molar-refractivity contribution in [3.8, 4) is 0 Å². The largest absolute Gasteiger partial charge is 0.379 e. The van der Waals surface area contributed by atoms with E-state index in [9.17, 15) is 0 Å². The van der Waals surface area contributed by atoms with Gasteiger partial charge in [-0.25, -0.2) is 4.98 Å². The summed E-state index contributed by atoms with van der Waals surface area (Å²) < 4.78 is 5.38. The average molecular weight is 297 g/mol. The first-order chi connectivity index (χ1) is 9.79. The fourth-order valence-electron chi connectivity index (χ4n) is 2.34. The number of hydrogen-bond donors (Lipinski definition) is 1. The summed E-state index contributed by atoms with van der Waals surface area (Å²) in [5, 5.41) is 4.78. The van der Waals surface area contributed by atoms with Crippen molar-refractivity contribution in [1.29, 1.82) is 0 Å². The van der Waals surface area contributed by atoms with E-state index in [2.05, 4.69) is 24.1 Å². The smallest absolute Gasteiger partial charge is 0.0944 e. The molecule has 1 saturated heterocycles. The van der Waals surface area contributed by atoms with E-state index in [1.54, 1.807) is 0 Å². The second kappa shape index (κ2) is 8.72. The number of thiazole rings is 1. The number of nitrogens with one attached hydrogen (secondary N) is 1. The molecule has 0 aliphatic carbocycles. The second-order valence-corrected chi connectivity index (χ2v) is 6.52. The summed E-state index contributed by atoms with van der Waals surface area (Å²) in [7, 11) is 0. The van der Waals surface area contributed by atoms with Crippen LogP contribution >= 0.6 is 11.3 Å². The van der Waals surface area contributed by atoms with Crippen molar-refractivity contribution < 1.29 is 4.74 Å². The molecule has 114 valence electrons. The Labute approximate surface area is 126 Å². The van der Waals surface area contributed by atoms with Crippen molar-refractivity contribution in [1.82, 2.24) is 15.2 Å². The topological polar surface area (TPSA) is 37.4 Å². The van der Waals surface area contributed by atoms with E-state index >= 15 is 0 Å². The van der Waals surface area contributed by atoms with Gasteiger partial charge in [0.1, 0.15) is 0 Å². The Bertz CT molecular complexity index is 388. The van der Waals surface area contributed by atoms with E-state index in [0.29, 0.717) is 0 Å². The number of rotatable bonds is 8. The molecule has 2 heterocycles.